The summed E-state index contributed by atoms with van der Waals surface area (Å²) >= 11 is 0. The van der Waals surface area contributed by atoms with Crippen molar-refractivity contribution in [2.75, 3.05) is 31.2 Å². The van der Waals surface area contributed by atoms with Gasteiger partial charge in [-0.15, -0.1) is 0 Å². The zero-order valence-corrected chi connectivity index (χ0v) is 20.3. The Labute approximate surface area is 204 Å². The Bertz CT molecular complexity index is 1150. The van der Waals surface area contributed by atoms with Gasteiger partial charge < -0.3 is 15.4 Å². The number of nitrogens with two attached hydrogens (primary N) is 1. The molecular weight excluding hydrogens is 450 g/mol. The van der Waals surface area contributed by atoms with Crippen LogP contribution in [0.25, 0.3) is 16.9 Å². The van der Waals surface area contributed by atoms with Gasteiger partial charge in [-0.2, -0.15) is 4.98 Å². The molecule has 188 valence electrons. The average molecular weight is 485 g/mol. The van der Waals surface area contributed by atoms with E-state index in [4.69, 9.17) is 20.4 Å². The fraction of sp³-hybridized carbons (Fsp3) is 0.577. The van der Waals surface area contributed by atoms with Crippen LogP contribution in [0, 0.1) is 12.8 Å². The van der Waals surface area contributed by atoms with Crippen molar-refractivity contribution in [2.24, 2.45) is 11.7 Å². The van der Waals surface area contributed by atoms with E-state index in [0.29, 0.717) is 61.1 Å². The summed E-state index contributed by atoms with van der Waals surface area (Å²) in [4.78, 5) is 15.9. The van der Waals surface area contributed by atoms with Crippen LogP contribution in [0.15, 0.2) is 24.3 Å². The second kappa shape index (κ2) is 10.5. The molecule has 2 fully saturated rings. The molecule has 0 spiro atoms. The lowest BCUT2D eigenvalue weighted by Crippen LogP contribution is -2.37. The van der Waals surface area contributed by atoms with Gasteiger partial charge in [0.2, 0.25) is 5.95 Å². The molecule has 5 rings (SSSR count). The van der Waals surface area contributed by atoms with Crippen LogP contribution in [0.2, 0.25) is 0 Å². The SMILES string of the molecule is Cc1ccc2nc(C(F)F)n(-c3cc(CCC[C@H]4CC[C@H](N)CC4)nc(N4CCOCC4)n3)c2c1. The van der Waals surface area contributed by atoms with E-state index in [1.54, 1.807) is 6.07 Å². The number of nitrogens with zero attached hydrogens (tertiary/aromatic N) is 5. The van der Waals surface area contributed by atoms with Gasteiger partial charge in [-0.3, -0.25) is 4.57 Å². The molecule has 1 aliphatic carbocycles. The average Bonchev–Trinajstić information content (AvgIpc) is 3.25. The van der Waals surface area contributed by atoms with Crippen LogP contribution in [-0.4, -0.2) is 51.9 Å². The summed E-state index contributed by atoms with van der Waals surface area (Å²) in [6.07, 6.45) is 4.79. The number of fused-ring (bicyclic) bond motifs is 1. The van der Waals surface area contributed by atoms with Crippen molar-refractivity contribution in [1.29, 1.82) is 0 Å². The first-order valence-electron chi connectivity index (χ1n) is 12.7. The number of halogens is 2. The van der Waals surface area contributed by atoms with Crippen LogP contribution in [0.5, 0.6) is 0 Å². The molecule has 1 aromatic carbocycles. The number of morpholine rings is 1. The lowest BCUT2D eigenvalue weighted by molar-refractivity contribution is 0.122. The van der Waals surface area contributed by atoms with Gasteiger partial charge in [-0.25, -0.2) is 18.7 Å². The summed E-state index contributed by atoms with van der Waals surface area (Å²) in [5.74, 6) is 1.44. The molecule has 0 unspecified atom stereocenters. The number of alkyl halides is 2. The summed E-state index contributed by atoms with van der Waals surface area (Å²) < 4.78 is 35.2. The number of imidazole rings is 1. The van der Waals surface area contributed by atoms with E-state index < -0.39 is 6.43 Å². The number of hydrogen-bond donors (Lipinski definition) is 1. The highest BCUT2D eigenvalue weighted by Gasteiger charge is 2.24. The molecule has 1 aliphatic heterocycles. The van der Waals surface area contributed by atoms with Crippen molar-refractivity contribution in [2.45, 2.75) is 64.3 Å². The van der Waals surface area contributed by atoms with Crippen LogP contribution in [0.3, 0.4) is 0 Å². The van der Waals surface area contributed by atoms with Crippen molar-refractivity contribution in [3.63, 3.8) is 0 Å². The van der Waals surface area contributed by atoms with Crippen molar-refractivity contribution in [1.82, 2.24) is 19.5 Å². The minimum atomic E-state index is -2.72. The number of aryl methyl sites for hydroxylation is 2. The van der Waals surface area contributed by atoms with Gasteiger partial charge in [-0.1, -0.05) is 12.5 Å². The van der Waals surface area contributed by atoms with Gasteiger partial charge in [-0.05, 0) is 69.1 Å². The molecule has 2 N–H and O–H groups in total. The first-order valence-corrected chi connectivity index (χ1v) is 12.7. The van der Waals surface area contributed by atoms with Crippen molar-refractivity contribution in [3.8, 4) is 5.82 Å². The van der Waals surface area contributed by atoms with Gasteiger partial charge in [0.1, 0.15) is 5.82 Å². The summed E-state index contributed by atoms with van der Waals surface area (Å²) in [7, 11) is 0. The molecule has 0 radical (unpaired) electrons. The third-order valence-corrected chi connectivity index (χ3v) is 7.24. The highest BCUT2D eigenvalue weighted by atomic mass is 19.3. The molecule has 2 aliphatic rings. The lowest BCUT2D eigenvalue weighted by atomic mass is 9.83. The van der Waals surface area contributed by atoms with Gasteiger partial charge in [0.25, 0.3) is 6.43 Å². The van der Waals surface area contributed by atoms with Crippen molar-refractivity contribution in [3.05, 3.63) is 41.3 Å². The van der Waals surface area contributed by atoms with E-state index in [1.807, 2.05) is 25.1 Å². The smallest absolute Gasteiger partial charge is 0.296 e. The Balaban J connectivity index is 1.48. The maximum atomic E-state index is 14.1. The van der Waals surface area contributed by atoms with E-state index in [0.717, 1.165) is 43.4 Å². The van der Waals surface area contributed by atoms with Crippen LogP contribution in [0.4, 0.5) is 14.7 Å². The molecule has 35 heavy (non-hydrogen) atoms. The van der Waals surface area contributed by atoms with Gasteiger partial charge in [0.05, 0.1) is 24.2 Å². The number of benzene rings is 1. The summed E-state index contributed by atoms with van der Waals surface area (Å²) in [6, 6.07) is 7.77. The minimum absolute atomic E-state index is 0.290. The first kappa shape index (κ1) is 24.1. The molecule has 7 nitrogen and oxygen atoms in total. The van der Waals surface area contributed by atoms with Crippen LogP contribution >= 0.6 is 0 Å². The molecule has 0 atom stereocenters. The molecule has 3 aromatic rings. The predicted octanol–water partition coefficient (Wildman–Crippen LogP) is 4.74. The zero-order valence-electron chi connectivity index (χ0n) is 20.3. The van der Waals surface area contributed by atoms with Crippen LogP contribution in [0.1, 0.15) is 62.0 Å². The Morgan fingerprint density at radius 2 is 1.83 bits per heavy atom. The van der Waals surface area contributed by atoms with Gasteiger partial charge in [0, 0.05) is 30.9 Å². The van der Waals surface area contributed by atoms with E-state index in [-0.39, 0.29) is 5.82 Å². The molecule has 3 heterocycles. The molecule has 1 saturated heterocycles. The maximum absolute atomic E-state index is 14.1. The highest BCUT2D eigenvalue weighted by molar-refractivity contribution is 5.79. The molecular formula is C26H34F2N6O. The molecule has 2 aromatic heterocycles. The first-order chi connectivity index (χ1) is 17.0. The molecule has 0 amide bonds. The number of hydrogen-bond acceptors (Lipinski definition) is 6. The topological polar surface area (TPSA) is 82.1 Å². The monoisotopic (exact) mass is 484 g/mol. The Hall–Kier alpha value is -2.65. The molecule has 9 heteroatoms. The van der Waals surface area contributed by atoms with E-state index >= 15 is 0 Å². The van der Waals surface area contributed by atoms with E-state index in [1.165, 1.54) is 17.4 Å². The van der Waals surface area contributed by atoms with Crippen molar-refractivity contribution >= 4 is 17.0 Å². The second-order valence-electron chi connectivity index (χ2n) is 9.89. The number of rotatable bonds is 7. The van der Waals surface area contributed by atoms with Crippen LogP contribution in [-0.2, 0) is 11.2 Å². The predicted molar refractivity (Wildman–Crippen MR) is 132 cm³/mol. The summed E-state index contributed by atoms with van der Waals surface area (Å²) in [6.45, 7) is 4.50. The van der Waals surface area contributed by atoms with Crippen molar-refractivity contribution < 1.29 is 13.5 Å². The lowest BCUT2D eigenvalue weighted by Gasteiger charge is -2.28. The Morgan fingerprint density at radius 3 is 2.57 bits per heavy atom. The number of aromatic nitrogens is 4. The fourth-order valence-electron chi connectivity index (χ4n) is 5.26. The third kappa shape index (κ3) is 5.46. The van der Waals surface area contributed by atoms with Gasteiger partial charge >= 0.3 is 0 Å². The summed E-state index contributed by atoms with van der Waals surface area (Å²) in [5.41, 5.74) is 9.08. The fourth-order valence-corrected chi connectivity index (χ4v) is 5.26. The second-order valence-corrected chi connectivity index (χ2v) is 9.89. The minimum Gasteiger partial charge on any atom is -0.378 e. The standard InChI is InChI=1S/C26H34F2N6O/c1-17-5-10-21-22(15-17)34(25(31-21)24(27)28)23-16-20(4-2-3-18-6-8-19(29)9-7-18)30-26(32-23)33-11-13-35-14-12-33/h5,10,15-16,18-19,24H,2-4,6-9,11-14,29H2,1H3/t18-,19-. The Morgan fingerprint density at radius 1 is 1.06 bits per heavy atom. The van der Waals surface area contributed by atoms with E-state index in [9.17, 15) is 8.78 Å². The normalized spacial score (nSPS) is 21.2. The highest BCUT2D eigenvalue weighted by Crippen LogP contribution is 2.30. The van der Waals surface area contributed by atoms with Crippen LogP contribution < -0.4 is 10.6 Å². The largest absolute Gasteiger partial charge is 0.378 e. The Kier molecular flexibility index (Phi) is 7.24. The molecule has 0 bridgehead atoms. The van der Waals surface area contributed by atoms with Gasteiger partial charge in [0.15, 0.2) is 5.82 Å². The summed E-state index contributed by atoms with van der Waals surface area (Å²) in [5, 5.41) is 0. The van der Waals surface area contributed by atoms with E-state index in [2.05, 4.69) is 9.88 Å². The number of ether oxygens (including phenoxy) is 1. The third-order valence-electron chi connectivity index (χ3n) is 7.24. The quantitative estimate of drug-likeness (QED) is 0.522. The molecule has 1 saturated carbocycles. The zero-order chi connectivity index (χ0) is 24.4. The maximum Gasteiger partial charge on any atom is 0.296 e. The number of anilines is 1.